The highest BCUT2D eigenvalue weighted by molar-refractivity contribution is 5.73. The molecule has 1 atom stereocenters. The van der Waals surface area contributed by atoms with E-state index in [1.807, 2.05) is 17.1 Å². The molecular formula is C17H21N3O. The molecular weight excluding hydrogens is 262 g/mol. The summed E-state index contributed by atoms with van der Waals surface area (Å²) in [4.78, 5) is 13.4. The molecule has 3 aliphatic rings. The molecule has 3 rings (SSSR count). The van der Waals surface area contributed by atoms with E-state index in [4.69, 9.17) is 5.26 Å². The molecule has 1 fully saturated rings. The van der Waals surface area contributed by atoms with E-state index in [-0.39, 0.29) is 11.3 Å². The standard InChI is InChI=1S/C17H21N3O/c1-12(21)20-7-4-14(5-8-20)15-11-19-16-9-13(10-18)3-6-17(15,16)2/h3,9,11,14,19H,4-8H2,1-2H3. The average Bonchev–Trinajstić information content (AvgIpc) is 2.83. The molecule has 4 heteroatoms. The van der Waals surface area contributed by atoms with E-state index in [1.165, 1.54) is 5.57 Å². The van der Waals surface area contributed by atoms with Crippen molar-refractivity contribution in [2.24, 2.45) is 11.3 Å². The van der Waals surface area contributed by atoms with Crippen LogP contribution in [-0.4, -0.2) is 23.9 Å². The monoisotopic (exact) mass is 283 g/mol. The van der Waals surface area contributed by atoms with Gasteiger partial charge in [-0.15, -0.1) is 0 Å². The average molecular weight is 283 g/mol. The molecule has 0 aromatic rings. The first-order valence-corrected chi connectivity index (χ1v) is 7.59. The molecule has 2 aliphatic heterocycles. The highest BCUT2D eigenvalue weighted by Gasteiger charge is 2.42. The zero-order valence-electron chi connectivity index (χ0n) is 12.6. The molecule has 0 radical (unpaired) electrons. The Hall–Kier alpha value is -2.02. The number of rotatable bonds is 1. The first-order valence-electron chi connectivity index (χ1n) is 7.59. The van der Waals surface area contributed by atoms with Crippen molar-refractivity contribution in [3.63, 3.8) is 0 Å². The van der Waals surface area contributed by atoms with Gasteiger partial charge in [-0.05, 0) is 43.8 Å². The van der Waals surface area contributed by atoms with Crippen molar-refractivity contribution in [2.45, 2.75) is 33.1 Å². The topological polar surface area (TPSA) is 56.1 Å². The van der Waals surface area contributed by atoms with Gasteiger partial charge in [0.1, 0.15) is 0 Å². The minimum Gasteiger partial charge on any atom is -0.364 e. The Morgan fingerprint density at radius 1 is 1.48 bits per heavy atom. The Kier molecular flexibility index (Phi) is 3.36. The summed E-state index contributed by atoms with van der Waals surface area (Å²) in [5, 5.41) is 12.4. The van der Waals surface area contributed by atoms with Crippen molar-refractivity contribution in [1.82, 2.24) is 10.2 Å². The minimum atomic E-state index is 0.00338. The molecule has 0 aromatic heterocycles. The van der Waals surface area contributed by atoms with Crippen molar-refractivity contribution in [3.05, 3.63) is 35.2 Å². The summed E-state index contributed by atoms with van der Waals surface area (Å²) in [7, 11) is 0. The Morgan fingerprint density at radius 2 is 2.19 bits per heavy atom. The van der Waals surface area contributed by atoms with Gasteiger partial charge < -0.3 is 10.2 Å². The third kappa shape index (κ3) is 2.27. The van der Waals surface area contributed by atoms with E-state index < -0.39 is 0 Å². The van der Waals surface area contributed by atoms with E-state index in [0.717, 1.165) is 43.6 Å². The lowest BCUT2D eigenvalue weighted by Crippen LogP contribution is -2.39. The van der Waals surface area contributed by atoms with E-state index in [0.29, 0.717) is 5.92 Å². The van der Waals surface area contributed by atoms with Gasteiger partial charge in [0.05, 0.1) is 6.07 Å². The fourth-order valence-electron chi connectivity index (χ4n) is 3.74. The zero-order chi connectivity index (χ0) is 15.0. The molecule has 0 spiro atoms. The van der Waals surface area contributed by atoms with Crippen molar-refractivity contribution >= 4 is 5.91 Å². The number of amides is 1. The number of likely N-dealkylation sites (tertiary alicyclic amines) is 1. The molecule has 1 saturated heterocycles. The second-order valence-electron chi connectivity index (χ2n) is 6.39. The summed E-state index contributed by atoms with van der Waals surface area (Å²) in [5.74, 6) is 0.707. The van der Waals surface area contributed by atoms with Crippen LogP contribution in [0, 0.1) is 22.7 Å². The molecule has 2 heterocycles. The number of carbonyl (C=O) groups excluding carboxylic acids is 1. The van der Waals surface area contributed by atoms with Crippen molar-refractivity contribution in [1.29, 1.82) is 5.26 Å². The van der Waals surface area contributed by atoms with Gasteiger partial charge in [0.15, 0.2) is 0 Å². The maximum absolute atomic E-state index is 11.4. The number of fused-ring (bicyclic) bond motifs is 1. The maximum atomic E-state index is 11.4. The molecule has 1 amide bonds. The Balaban J connectivity index is 1.75. The number of hydrogen-bond acceptors (Lipinski definition) is 3. The van der Waals surface area contributed by atoms with Crippen LogP contribution in [0.1, 0.15) is 33.1 Å². The quantitative estimate of drug-likeness (QED) is 0.804. The third-order valence-electron chi connectivity index (χ3n) is 5.15. The maximum Gasteiger partial charge on any atom is 0.219 e. The highest BCUT2D eigenvalue weighted by atomic mass is 16.2. The second kappa shape index (κ2) is 5.07. The SMILES string of the molecule is CC(=O)N1CCC(C2=CNC3=CC(C#N)=CCC32C)CC1. The number of piperidine rings is 1. The normalized spacial score (nSPS) is 28.8. The largest absolute Gasteiger partial charge is 0.364 e. The highest BCUT2D eigenvalue weighted by Crippen LogP contribution is 2.49. The van der Waals surface area contributed by atoms with Crippen LogP contribution < -0.4 is 5.32 Å². The zero-order valence-corrected chi connectivity index (χ0v) is 12.6. The number of hydrogen-bond donors (Lipinski definition) is 1. The smallest absolute Gasteiger partial charge is 0.219 e. The molecule has 1 N–H and O–H groups in total. The summed E-state index contributed by atoms with van der Waals surface area (Å²) in [6.07, 6.45) is 9.09. The summed E-state index contributed by atoms with van der Waals surface area (Å²) < 4.78 is 0. The van der Waals surface area contributed by atoms with Crippen LogP contribution in [0.15, 0.2) is 35.2 Å². The Labute approximate surface area is 125 Å². The van der Waals surface area contributed by atoms with Crippen molar-refractivity contribution in [2.75, 3.05) is 13.1 Å². The molecule has 21 heavy (non-hydrogen) atoms. The van der Waals surface area contributed by atoms with Crippen LogP contribution in [0.25, 0.3) is 0 Å². The van der Waals surface area contributed by atoms with Gasteiger partial charge in [-0.25, -0.2) is 0 Å². The van der Waals surface area contributed by atoms with Crippen LogP contribution in [0.5, 0.6) is 0 Å². The van der Waals surface area contributed by atoms with E-state index in [2.05, 4.69) is 24.5 Å². The lowest BCUT2D eigenvalue weighted by molar-refractivity contribution is -0.130. The van der Waals surface area contributed by atoms with Gasteiger partial charge in [-0.3, -0.25) is 4.79 Å². The summed E-state index contributed by atoms with van der Waals surface area (Å²) in [6.45, 7) is 5.61. The van der Waals surface area contributed by atoms with Gasteiger partial charge >= 0.3 is 0 Å². The first-order chi connectivity index (χ1) is 10.0. The lowest BCUT2D eigenvalue weighted by atomic mass is 9.69. The van der Waals surface area contributed by atoms with Crippen LogP contribution in [0.2, 0.25) is 0 Å². The van der Waals surface area contributed by atoms with Crippen molar-refractivity contribution < 1.29 is 4.79 Å². The number of nitrogens with one attached hydrogen (secondary N) is 1. The van der Waals surface area contributed by atoms with Gasteiger partial charge in [-0.1, -0.05) is 6.08 Å². The lowest BCUT2D eigenvalue weighted by Gasteiger charge is -2.38. The molecule has 4 nitrogen and oxygen atoms in total. The summed E-state index contributed by atoms with van der Waals surface area (Å²) in [6, 6.07) is 2.22. The van der Waals surface area contributed by atoms with E-state index in [1.54, 1.807) is 6.92 Å². The Bertz CT molecular complexity index is 600. The van der Waals surface area contributed by atoms with Gasteiger partial charge in [-0.2, -0.15) is 5.26 Å². The molecule has 0 saturated carbocycles. The Morgan fingerprint density at radius 3 is 2.81 bits per heavy atom. The number of nitriles is 1. The number of nitrogens with zero attached hydrogens (tertiary/aromatic N) is 2. The fourth-order valence-corrected chi connectivity index (χ4v) is 3.74. The van der Waals surface area contributed by atoms with Crippen LogP contribution in [0.3, 0.4) is 0 Å². The van der Waals surface area contributed by atoms with Gasteiger partial charge in [0.2, 0.25) is 5.91 Å². The summed E-state index contributed by atoms with van der Waals surface area (Å²) >= 11 is 0. The summed E-state index contributed by atoms with van der Waals surface area (Å²) in [5.41, 5.74) is 3.33. The molecule has 0 bridgehead atoms. The first kappa shape index (κ1) is 13.9. The van der Waals surface area contributed by atoms with Crippen LogP contribution in [-0.2, 0) is 4.79 Å². The number of allylic oxidation sites excluding steroid dienone is 4. The van der Waals surface area contributed by atoms with Gasteiger partial charge in [0, 0.05) is 42.9 Å². The third-order valence-corrected chi connectivity index (χ3v) is 5.15. The molecule has 1 unspecified atom stereocenters. The fraction of sp³-hybridized carbons (Fsp3) is 0.529. The van der Waals surface area contributed by atoms with Crippen molar-refractivity contribution in [3.8, 4) is 6.07 Å². The van der Waals surface area contributed by atoms with Gasteiger partial charge in [0.25, 0.3) is 0 Å². The van der Waals surface area contributed by atoms with E-state index in [9.17, 15) is 4.79 Å². The van der Waals surface area contributed by atoms with Crippen LogP contribution >= 0.6 is 0 Å². The predicted molar refractivity (Wildman–Crippen MR) is 80.7 cm³/mol. The van der Waals surface area contributed by atoms with Crippen LogP contribution in [0.4, 0.5) is 0 Å². The molecule has 0 aromatic carbocycles. The minimum absolute atomic E-state index is 0.00338. The van der Waals surface area contributed by atoms with E-state index >= 15 is 0 Å². The molecule has 110 valence electrons. The predicted octanol–water partition coefficient (Wildman–Crippen LogP) is 2.48. The molecule has 1 aliphatic carbocycles. The second-order valence-corrected chi connectivity index (χ2v) is 6.39. The number of carbonyl (C=O) groups is 1.